The van der Waals surface area contributed by atoms with Crippen LogP contribution < -0.4 is 0 Å². The first kappa shape index (κ1) is 14.0. The van der Waals surface area contributed by atoms with Gasteiger partial charge in [0.05, 0.1) is 0 Å². The third-order valence-corrected chi connectivity index (χ3v) is 3.11. The summed E-state index contributed by atoms with van der Waals surface area (Å²) in [6.45, 7) is 9.44. The van der Waals surface area contributed by atoms with Gasteiger partial charge >= 0.3 is 6.09 Å². The Bertz CT molecular complexity index is 277. The van der Waals surface area contributed by atoms with Crippen molar-refractivity contribution in [3.05, 3.63) is 0 Å². The van der Waals surface area contributed by atoms with Gasteiger partial charge in [0.15, 0.2) is 6.10 Å². The van der Waals surface area contributed by atoms with Gasteiger partial charge in [-0.3, -0.25) is 4.79 Å². The Labute approximate surface area is 103 Å². The molecule has 1 rings (SSSR count). The minimum atomic E-state index is -0.606. The second-order valence-electron chi connectivity index (χ2n) is 4.25. The van der Waals surface area contributed by atoms with E-state index in [1.54, 1.807) is 6.92 Å². The van der Waals surface area contributed by atoms with E-state index < -0.39 is 12.2 Å². The number of hydrogen-bond acceptors (Lipinski definition) is 4. The molecule has 1 aliphatic rings. The molecule has 0 aliphatic carbocycles. The number of hydrogen-bond donors (Lipinski definition) is 0. The topological polar surface area (TPSA) is 49.9 Å². The van der Waals surface area contributed by atoms with Crippen LogP contribution in [0.4, 0.5) is 4.79 Å². The smallest absolute Gasteiger partial charge is 0.417 e. The summed E-state index contributed by atoms with van der Waals surface area (Å²) in [5.41, 5.74) is 0. The second kappa shape index (κ2) is 6.59. The standard InChI is InChI=1S/C12H22N2O3/c1-4-13(5-2)8-6-7-9-14-11(15)10(3)17-12(14)16/h10H,4-9H2,1-3H3. The highest BCUT2D eigenvalue weighted by atomic mass is 16.6. The zero-order valence-electron chi connectivity index (χ0n) is 10.9. The number of imide groups is 1. The summed E-state index contributed by atoms with van der Waals surface area (Å²) in [7, 11) is 0. The maximum absolute atomic E-state index is 11.5. The fourth-order valence-corrected chi connectivity index (χ4v) is 1.92. The molecule has 1 atom stereocenters. The number of unbranched alkanes of at least 4 members (excludes halogenated alkanes) is 1. The summed E-state index contributed by atoms with van der Waals surface area (Å²) < 4.78 is 4.83. The molecule has 98 valence electrons. The highest BCUT2D eigenvalue weighted by Gasteiger charge is 2.36. The lowest BCUT2D eigenvalue weighted by Crippen LogP contribution is -2.32. The van der Waals surface area contributed by atoms with Crippen LogP contribution in [0.5, 0.6) is 0 Å². The number of carbonyl (C=O) groups is 2. The molecule has 17 heavy (non-hydrogen) atoms. The van der Waals surface area contributed by atoms with Crippen molar-refractivity contribution in [3.63, 3.8) is 0 Å². The summed E-state index contributed by atoms with van der Waals surface area (Å²) in [5.74, 6) is -0.210. The van der Waals surface area contributed by atoms with Crippen LogP contribution in [-0.2, 0) is 9.53 Å². The summed E-state index contributed by atoms with van der Waals surface area (Å²) in [6.07, 6.45) is 0.729. The van der Waals surface area contributed by atoms with E-state index in [0.29, 0.717) is 6.54 Å². The largest absolute Gasteiger partial charge is 0.436 e. The van der Waals surface area contributed by atoms with Crippen LogP contribution in [0, 0.1) is 0 Å². The minimum absolute atomic E-state index is 0.210. The van der Waals surface area contributed by atoms with E-state index in [0.717, 1.165) is 32.5 Å². The van der Waals surface area contributed by atoms with E-state index >= 15 is 0 Å². The molecule has 0 aromatic carbocycles. The Morgan fingerprint density at radius 2 is 1.88 bits per heavy atom. The van der Waals surface area contributed by atoms with Gasteiger partial charge in [0.25, 0.3) is 5.91 Å². The van der Waals surface area contributed by atoms with Crippen LogP contribution in [0.1, 0.15) is 33.6 Å². The van der Waals surface area contributed by atoms with Crippen LogP contribution in [0.15, 0.2) is 0 Å². The van der Waals surface area contributed by atoms with E-state index in [2.05, 4.69) is 18.7 Å². The number of amides is 2. The lowest BCUT2D eigenvalue weighted by atomic mass is 10.2. The molecular formula is C12H22N2O3. The molecule has 1 unspecified atom stereocenters. The van der Waals surface area contributed by atoms with Crippen molar-refractivity contribution in [2.45, 2.75) is 39.7 Å². The first-order chi connectivity index (χ1) is 8.10. The summed E-state index contributed by atoms with van der Waals surface area (Å²) >= 11 is 0. The van der Waals surface area contributed by atoms with Crippen molar-refractivity contribution in [3.8, 4) is 0 Å². The van der Waals surface area contributed by atoms with E-state index in [4.69, 9.17) is 4.74 Å². The molecule has 5 nitrogen and oxygen atoms in total. The Hall–Kier alpha value is -1.10. The van der Waals surface area contributed by atoms with Crippen molar-refractivity contribution in [2.24, 2.45) is 0 Å². The quantitative estimate of drug-likeness (QED) is 0.634. The Morgan fingerprint density at radius 1 is 1.24 bits per heavy atom. The number of rotatable bonds is 7. The van der Waals surface area contributed by atoms with Crippen molar-refractivity contribution in [1.29, 1.82) is 0 Å². The third-order valence-electron chi connectivity index (χ3n) is 3.11. The Balaban J connectivity index is 2.23. The molecular weight excluding hydrogens is 220 g/mol. The van der Waals surface area contributed by atoms with Crippen molar-refractivity contribution in [1.82, 2.24) is 9.80 Å². The molecule has 2 amide bonds. The van der Waals surface area contributed by atoms with Crippen LogP contribution in [0.3, 0.4) is 0 Å². The lowest BCUT2D eigenvalue weighted by Gasteiger charge is -2.18. The number of carbonyl (C=O) groups excluding carboxylic acids is 2. The van der Waals surface area contributed by atoms with Gasteiger partial charge in [-0.1, -0.05) is 13.8 Å². The zero-order valence-corrected chi connectivity index (χ0v) is 10.9. The van der Waals surface area contributed by atoms with Crippen molar-refractivity contribution >= 4 is 12.0 Å². The van der Waals surface area contributed by atoms with E-state index in [-0.39, 0.29) is 5.91 Å². The average Bonchev–Trinajstić information content (AvgIpc) is 2.55. The molecule has 0 bridgehead atoms. The fraction of sp³-hybridized carbons (Fsp3) is 0.833. The maximum atomic E-state index is 11.5. The molecule has 0 saturated carbocycles. The van der Waals surface area contributed by atoms with Gasteiger partial charge in [-0.25, -0.2) is 9.69 Å². The number of cyclic esters (lactones) is 1. The summed E-state index contributed by atoms with van der Waals surface area (Å²) in [4.78, 5) is 26.4. The van der Waals surface area contributed by atoms with Gasteiger partial charge in [-0.15, -0.1) is 0 Å². The lowest BCUT2D eigenvalue weighted by molar-refractivity contribution is -0.129. The third kappa shape index (κ3) is 3.70. The maximum Gasteiger partial charge on any atom is 0.417 e. The normalized spacial score (nSPS) is 20.2. The van der Waals surface area contributed by atoms with Gasteiger partial charge in [0.1, 0.15) is 0 Å². The summed E-state index contributed by atoms with van der Waals surface area (Å²) in [6, 6.07) is 0. The molecule has 0 aromatic heterocycles. The molecule has 1 heterocycles. The molecule has 1 fully saturated rings. The van der Waals surface area contributed by atoms with Gasteiger partial charge in [0.2, 0.25) is 0 Å². The van der Waals surface area contributed by atoms with Crippen LogP contribution in [0.25, 0.3) is 0 Å². The van der Waals surface area contributed by atoms with E-state index in [1.165, 1.54) is 4.90 Å². The van der Waals surface area contributed by atoms with Gasteiger partial charge in [-0.05, 0) is 39.4 Å². The minimum Gasteiger partial charge on any atom is -0.436 e. The molecule has 0 spiro atoms. The fourth-order valence-electron chi connectivity index (χ4n) is 1.92. The number of ether oxygens (including phenoxy) is 1. The van der Waals surface area contributed by atoms with Gasteiger partial charge in [0, 0.05) is 6.54 Å². The highest BCUT2D eigenvalue weighted by Crippen LogP contribution is 2.13. The van der Waals surface area contributed by atoms with Crippen molar-refractivity contribution in [2.75, 3.05) is 26.2 Å². The molecule has 1 saturated heterocycles. The number of nitrogens with zero attached hydrogens (tertiary/aromatic N) is 2. The van der Waals surface area contributed by atoms with E-state index in [1.807, 2.05) is 0 Å². The molecule has 0 N–H and O–H groups in total. The van der Waals surface area contributed by atoms with Gasteiger partial charge < -0.3 is 9.64 Å². The van der Waals surface area contributed by atoms with Crippen molar-refractivity contribution < 1.29 is 14.3 Å². The first-order valence-corrected chi connectivity index (χ1v) is 6.34. The summed E-state index contributed by atoms with van der Waals surface area (Å²) in [5, 5.41) is 0. The average molecular weight is 242 g/mol. The molecule has 1 aliphatic heterocycles. The van der Waals surface area contributed by atoms with Crippen LogP contribution in [-0.4, -0.2) is 54.1 Å². The monoisotopic (exact) mass is 242 g/mol. The predicted molar refractivity (Wildman–Crippen MR) is 64.7 cm³/mol. The molecule has 0 aromatic rings. The van der Waals surface area contributed by atoms with Crippen LogP contribution >= 0.6 is 0 Å². The Kier molecular flexibility index (Phi) is 5.41. The molecule has 0 radical (unpaired) electrons. The van der Waals surface area contributed by atoms with Crippen LogP contribution in [0.2, 0.25) is 0 Å². The van der Waals surface area contributed by atoms with Gasteiger partial charge in [-0.2, -0.15) is 0 Å². The Morgan fingerprint density at radius 3 is 2.35 bits per heavy atom. The zero-order chi connectivity index (χ0) is 12.8. The van der Waals surface area contributed by atoms with E-state index in [9.17, 15) is 9.59 Å². The second-order valence-corrected chi connectivity index (χ2v) is 4.25. The predicted octanol–water partition coefficient (Wildman–Crippen LogP) is 1.48. The molecule has 5 heteroatoms. The highest BCUT2D eigenvalue weighted by molar-refractivity contribution is 5.99. The first-order valence-electron chi connectivity index (χ1n) is 6.34. The SMILES string of the molecule is CCN(CC)CCCCN1C(=O)OC(C)C1=O.